The van der Waals surface area contributed by atoms with E-state index in [4.69, 9.17) is 0 Å². The van der Waals surface area contributed by atoms with E-state index < -0.39 is 0 Å². The Bertz CT molecular complexity index is 749. The Hall–Kier alpha value is -1.96. The largest absolute Gasteiger partial charge is 0.338 e. The molecule has 0 radical (unpaired) electrons. The Kier molecular flexibility index (Phi) is 2.94. The number of fused-ring (bicyclic) bond motifs is 1. The predicted molar refractivity (Wildman–Crippen MR) is 80.9 cm³/mol. The molecular weight excluding hydrogens is 357 g/mol. The monoisotopic (exact) mass is 365 g/mol. The van der Waals surface area contributed by atoms with Crippen LogP contribution in [0.2, 0.25) is 0 Å². The van der Waals surface area contributed by atoms with Crippen molar-refractivity contribution in [3.05, 3.63) is 56.1 Å². The topological polar surface area (TPSA) is 71.8 Å². The third-order valence-corrected chi connectivity index (χ3v) is 3.72. The number of para-hydroxylation sites is 2. The van der Waals surface area contributed by atoms with E-state index in [9.17, 15) is 10.1 Å². The second-order valence-electron chi connectivity index (χ2n) is 4.03. The normalized spacial score (nSPS) is 10.8. The fourth-order valence-electron chi connectivity index (χ4n) is 1.89. The van der Waals surface area contributed by atoms with Gasteiger partial charge in [-0.2, -0.15) is 0 Å². The highest BCUT2D eigenvalue weighted by molar-refractivity contribution is 14.1. The molecule has 0 aliphatic carbocycles. The first-order chi connectivity index (χ1) is 9.15. The number of imidazole rings is 1. The Labute approximate surface area is 122 Å². The van der Waals surface area contributed by atoms with Crippen LogP contribution in [0.3, 0.4) is 0 Å². The molecule has 0 spiro atoms. The summed E-state index contributed by atoms with van der Waals surface area (Å²) in [6, 6.07) is 12.7. The molecule has 1 aromatic heterocycles. The summed E-state index contributed by atoms with van der Waals surface area (Å²) >= 11 is 1.95. The van der Waals surface area contributed by atoms with Gasteiger partial charge < -0.3 is 4.98 Å². The quantitative estimate of drug-likeness (QED) is 0.427. The van der Waals surface area contributed by atoms with Gasteiger partial charge in [0.15, 0.2) is 0 Å². The Balaban J connectivity index is 2.16. The summed E-state index contributed by atoms with van der Waals surface area (Å²) in [5.41, 5.74) is 2.57. The molecule has 0 bridgehead atoms. The molecule has 6 heteroatoms. The standard InChI is InChI=1S/C13H8IN3O2/c14-9-6-5-8(7-12(9)17(18)19)13-15-10-3-1-2-4-11(10)16-13/h1-7H,(H,15,16). The number of aromatic amines is 1. The predicted octanol–water partition coefficient (Wildman–Crippen LogP) is 3.74. The molecule has 0 saturated carbocycles. The third-order valence-electron chi connectivity index (χ3n) is 2.81. The van der Waals surface area contributed by atoms with Gasteiger partial charge >= 0.3 is 0 Å². The molecule has 0 saturated heterocycles. The molecule has 94 valence electrons. The minimum absolute atomic E-state index is 0.0959. The maximum Gasteiger partial charge on any atom is 0.283 e. The lowest BCUT2D eigenvalue weighted by atomic mass is 10.2. The molecule has 0 aliphatic rings. The number of nitrogens with zero attached hydrogens (tertiary/aromatic N) is 2. The van der Waals surface area contributed by atoms with E-state index in [0.29, 0.717) is 15.0 Å². The first-order valence-corrected chi connectivity index (χ1v) is 6.62. The van der Waals surface area contributed by atoms with Crippen LogP contribution in [0.4, 0.5) is 5.69 Å². The first kappa shape index (κ1) is 12.1. The van der Waals surface area contributed by atoms with Crippen LogP contribution in [0.5, 0.6) is 0 Å². The molecule has 3 aromatic rings. The van der Waals surface area contributed by atoms with Crippen LogP contribution >= 0.6 is 22.6 Å². The zero-order valence-electron chi connectivity index (χ0n) is 9.63. The molecule has 19 heavy (non-hydrogen) atoms. The maximum absolute atomic E-state index is 10.9. The van der Waals surface area contributed by atoms with Gasteiger partial charge in [0.05, 0.1) is 19.5 Å². The number of nitro groups is 1. The number of nitro benzene ring substituents is 1. The lowest BCUT2D eigenvalue weighted by molar-refractivity contribution is -0.385. The van der Waals surface area contributed by atoms with Crippen molar-refractivity contribution in [1.29, 1.82) is 0 Å². The second-order valence-corrected chi connectivity index (χ2v) is 5.19. The highest BCUT2D eigenvalue weighted by Gasteiger charge is 2.14. The van der Waals surface area contributed by atoms with Crippen molar-refractivity contribution in [2.24, 2.45) is 0 Å². The lowest BCUT2D eigenvalue weighted by Gasteiger charge is -1.99. The molecule has 0 amide bonds. The molecule has 0 atom stereocenters. The second kappa shape index (κ2) is 4.61. The fourth-order valence-corrected chi connectivity index (χ4v) is 2.42. The van der Waals surface area contributed by atoms with Gasteiger partial charge in [0.2, 0.25) is 0 Å². The number of benzene rings is 2. The van der Waals surface area contributed by atoms with Gasteiger partial charge in [0, 0.05) is 11.6 Å². The van der Waals surface area contributed by atoms with E-state index >= 15 is 0 Å². The van der Waals surface area contributed by atoms with E-state index in [1.807, 2.05) is 52.9 Å². The zero-order valence-corrected chi connectivity index (χ0v) is 11.8. The van der Waals surface area contributed by atoms with Crippen LogP contribution < -0.4 is 0 Å². The number of rotatable bonds is 2. The Morgan fingerprint density at radius 2 is 2.00 bits per heavy atom. The maximum atomic E-state index is 10.9. The summed E-state index contributed by atoms with van der Waals surface area (Å²) in [6.07, 6.45) is 0. The van der Waals surface area contributed by atoms with Gasteiger partial charge in [-0.1, -0.05) is 12.1 Å². The van der Waals surface area contributed by atoms with Gasteiger partial charge in [0.25, 0.3) is 5.69 Å². The lowest BCUT2D eigenvalue weighted by Crippen LogP contribution is -1.92. The Morgan fingerprint density at radius 1 is 1.21 bits per heavy atom. The van der Waals surface area contributed by atoms with Gasteiger partial charge in [-0.3, -0.25) is 10.1 Å². The first-order valence-electron chi connectivity index (χ1n) is 5.54. The summed E-state index contributed by atoms with van der Waals surface area (Å²) in [6.45, 7) is 0. The summed E-state index contributed by atoms with van der Waals surface area (Å²) in [4.78, 5) is 18.2. The molecular formula is C13H8IN3O2. The van der Waals surface area contributed by atoms with E-state index in [2.05, 4.69) is 9.97 Å². The van der Waals surface area contributed by atoms with Crippen LogP contribution in [0, 0.1) is 13.7 Å². The molecule has 3 rings (SSSR count). The van der Waals surface area contributed by atoms with Crippen LogP contribution in [-0.4, -0.2) is 14.9 Å². The minimum Gasteiger partial charge on any atom is -0.338 e. The number of hydrogen-bond donors (Lipinski definition) is 1. The molecule has 1 N–H and O–H groups in total. The number of aromatic nitrogens is 2. The van der Waals surface area contributed by atoms with Gasteiger partial charge in [-0.05, 0) is 46.9 Å². The van der Waals surface area contributed by atoms with E-state index in [1.165, 1.54) is 0 Å². The van der Waals surface area contributed by atoms with E-state index in [-0.39, 0.29) is 10.6 Å². The fraction of sp³-hybridized carbons (Fsp3) is 0. The zero-order chi connectivity index (χ0) is 13.4. The van der Waals surface area contributed by atoms with Crippen molar-refractivity contribution >= 4 is 39.3 Å². The van der Waals surface area contributed by atoms with Crippen LogP contribution in [-0.2, 0) is 0 Å². The van der Waals surface area contributed by atoms with Crippen molar-refractivity contribution in [2.75, 3.05) is 0 Å². The number of H-pyrrole nitrogens is 1. The number of nitrogens with one attached hydrogen (secondary N) is 1. The molecule has 5 nitrogen and oxygen atoms in total. The molecule has 0 fully saturated rings. The number of halogens is 1. The van der Waals surface area contributed by atoms with Gasteiger partial charge in [0.1, 0.15) is 5.82 Å². The van der Waals surface area contributed by atoms with Gasteiger partial charge in [-0.25, -0.2) is 4.98 Å². The van der Waals surface area contributed by atoms with Crippen LogP contribution in [0.25, 0.3) is 22.4 Å². The van der Waals surface area contributed by atoms with Crippen LogP contribution in [0.1, 0.15) is 0 Å². The summed E-state index contributed by atoms with van der Waals surface area (Å²) in [7, 11) is 0. The minimum atomic E-state index is -0.381. The van der Waals surface area contributed by atoms with E-state index in [0.717, 1.165) is 11.0 Å². The summed E-state index contributed by atoms with van der Waals surface area (Å²) < 4.78 is 0.613. The van der Waals surface area contributed by atoms with Crippen molar-refractivity contribution in [2.45, 2.75) is 0 Å². The van der Waals surface area contributed by atoms with Crippen molar-refractivity contribution < 1.29 is 4.92 Å². The smallest absolute Gasteiger partial charge is 0.283 e. The van der Waals surface area contributed by atoms with Crippen LogP contribution in [0.15, 0.2) is 42.5 Å². The molecule has 2 aromatic carbocycles. The van der Waals surface area contributed by atoms with Crippen molar-refractivity contribution in [3.8, 4) is 11.4 Å². The molecule has 0 aliphatic heterocycles. The summed E-state index contributed by atoms with van der Waals surface area (Å²) in [5, 5.41) is 10.9. The highest BCUT2D eigenvalue weighted by Crippen LogP contribution is 2.27. The van der Waals surface area contributed by atoms with Crippen molar-refractivity contribution in [1.82, 2.24) is 9.97 Å². The third kappa shape index (κ3) is 2.19. The highest BCUT2D eigenvalue weighted by atomic mass is 127. The van der Waals surface area contributed by atoms with Crippen molar-refractivity contribution in [3.63, 3.8) is 0 Å². The SMILES string of the molecule is O=[N+]([O-])c1cc(-c2nc3ccccc3[nH]2)ccc1I. The average Bonchev–Trinajstić information content (AvgIpc) is 2.82. The molecule has 0 unspecified atom stereocenters. The Morgan fingerprint density at radius 3 is 2.74 bits per heavy atom. The summed E-state index contributed by atoms with van der Waals surface area (Å²) in [5.74, 6) is 0.640. The van der Waals surface area contributed by atoms with Gasteiger partial charge in [-0.15, -0.1) is 0 Å². The number of hydrogen-bond acceptors (Lipinski definition) is 3. The average molecular weight is 365 g/mol. The van der Waals surface area contributed by atoms with E-state index in [1.54, 1.807) is 12.1 Å². The molecule has 1 heterocycles.